The quantitative estimate of drug-likeness (QED) is 0.684. The Balaban J connectivity index is 2.28. The second kappa shape index (κ2) is 4.61. The van der Waals surface area contributed by atoms with Crippen LogP contribution < -0.4 is 11.1 Å². The summed E-state index contributed by atoms with van der Waals surface area (Å²) < 4.78 is 0. The Morgan fingerprint density at radius 3 is 2.31 bits per heavy atom. The van der Waals surface area contributed by atoms with Crippen LogP contribution in [0.1, 0.15) is 33.1 Å². The number of rotatable bonds is 3. The molecule has 1 saturated carbocycles. The fourth-order valence-corrected chi connectivity index (χ4v) is 2.36. The van der Waals surface area contributed by atoms with Crippen LogP contribution in [0, 0.1) is 11.8 Å². The summed E-state index contributed by atoms with van der Waals surface area (Å²) in [6, 6.07) is 0.492. The molecule has 3 heteroatoms. The average molecular weight is 184 g/mol. The molecular weight excluding hydrogens is 164 g/mol. The first-order chi connectivity index (χ1) is 6.08. The van der Waals surface area contributed by atoms with Gasteiger partial charge in [0.25, 0.3) is 0 Å². The second-order valence-corrected chi connectivity index (χ2v) is 4.46. The molecule has 1 fully saturated rings. The third-order valence-electron chi connectivity index (χ3n) is 2.74. The van der Waals surface area contributed by atoms with Gasteiger partial charge < -0.3 is 11.1 Å². The first-order valence-electron chi connectivity index (χ1n) is 5.09. The van der Waals surface area contributed by atoms with E-state index in [0.29, 0.717) is 12.6 Å². The number of primary amides is 1. The van der Waals surface area contributed by atoms with Crippen molar-refractivity contribution in [1.82, 2.24) is 5.32 Å². The highest BCUT2D eigenvalue weighted by Crippen LogP contribution is 2.28. The molecular formula is C10H20N2O. The third kappa shape index (κ3) is 3.77. The van der Waals surface area contributed by atoms with E-state index in [0.717, 1.165) is 11.8 Å². The molecule has 0 aromatic carbocycles. The number of nitrogens with one attached hydrogen (secondary N) is 1. The molecule has 2 atom stereocenters. The normalized spacial score (nSPS) is 34.5. The van der Waals surface area contributed by atoms with E-state index in [1.807, 2.05) is 0 Å². The Morgan fingerprint density at radius 2 is 1.85 bits per heavy atom. The summed E-state index contributed by atoms with van der Waals surface area (Å²) in [6.45, 7) is 4.87. The van der Waals surface area contributed by atoms with Gasteiger partial charge in [0.15, 0.2) is 0 Å². The zero-order chi connectivity index (χ0) is 9.84. The lowest BCUT2D eigenvalue weighted by atomic mass is 9.80. The predicted octanol–water partition coefficient (Wildman–Crippen LogP) is 0.886. The SMILES string of the molecule is CC1CC(C)CC(NCC(N)=O)C1. The highest BCUT2D eigenvalue weighted by atomic mass is 16.1. The Kier molecular flexibility index (Phi) is 3.72. The average Bonchev–Trinajstić information content (AvgIpc) is 1.99. The summed E-state index contributed by atoms with van der Waals surface area (Å²) in [5.41, 5.74) is 5.08. The lowest BCUT2D eigenvalue weighted by molar-refractivity contribution is -0.117. The van der Waals surface area contributed by atoms with Gasteiger partial charge in [-0.2, -0.15) is 0 Å². The molecule has 0 heterocycles. The summed E-state index contributed by atoms with van der Waals surface area (Å²) in [5, 5.41) is 3.21. The van der Waals surface area contributed by atoms with Crippen molar-refractivity contribution in [2.45, 2.75) is 39.2 Å². The second-order valence-electron chi connectivity index (χ2n) is 4.46. The van der Waals surface area contributed by atoms with E-state index in [9.17, 15) is 4.79 Å². The summed E-state index contributed by atoms with van der Waals surface area (Å²) in [4.78, 5) is 10.6. The molecule has 0 bridgehead atoms. The first-order valence-corrected chi connectivity index (χ1v) is 5.09. The maximum absolute atomic E-state index is 10.6. The van der Waals surface area contributed by atoms with Gasteiger partial charge in [-0.25, -0.2) is 0 Å². The standard InChI is InChI=1S/C10H20N2O/c1-7-3-8(2)5-9(4-7)12-6-10(11)13/h7-9,12H,3-6H2,1-2H3,(H2,11,13). The van der Waals surface area contributed by atoms with Crippen LogP contribution in [-0.2, 0) is 4.79 Å². The Labute approximate surface area is 80.1 Å². The predicted molar refractivity (Wildman–Crippen MR) is 53.2 cm³/mol. The number of amides is 1. The Hall–Kier alpha value is -0.570. The van der Waals surface area contributed by atoms with Crippen molar-refractivity contribution in [3.05, 3.63) is 0 Å². The van der Waals surface area contributed by atoms with Crippen molar-refractivity contribution >= 4 is 5.91 Å². The van der Waals surface area contributed by atoms with Crippen molar-refractivity contribution in [1.29, 1.82) is 0 Å². The van der Waals surface area contributed by atoms with Crippen LogP contribution in [-0.4, -0.2) is 18.5 Å². The monoisotopic (exact) mass is 184 g/mol. The largest absolute Gasteiger partial charge is 0.369 e. The van der Waals surface area contributed by atoms with E-state index >= 15 is 0 Å². The molecule has 1 aliphatic rings. The lowest BCUT2D eigenvalue weighted by Gasteiger charge is -2.31. The van der Waals surface area contributed by atoms with Gasteiger partial charge in [0.05, 0.1) is 6.54 Å². The van der Waals surface area contributed by atoms with Gasteiger partial charge in [-0.3, -0.25) is 4.79 Å². The number of hydrogen-bond donors (Lipinski definition) is 2. The van der Waals surface area contributed by atoms with Gasteiger partial charge in [-0.05, 0) is 31.1 Å². The molecule has 0 radical (unpaired) electrons. The molecule has 0 aliphatic heterocycles. The van der Waals surface area contributed by atoms with Crippen LogP contribution in [0.3, 0.4) is 0 Å². The number of carbonyl (C=O) groups is 1. The third-order valence-corrected chi connectivity index (χ3v) is 2.74. The van der Waals surface area contributed by atoms with Crippen molar-refractivity contribution < 1.29 is 4.79 Å². The zero-order valence-corrected chi connectivity index (χ0v) is 8.55. The van der Waals surface area contributed by atoms with Crippen molar-refractivity contribution in [3.8, 4) is 0 Å². The van der Waals surface area contributed by atoms with E-state index in [1.54, 1.807) is 0 Å². The van der Waals surface area contributed by atoms with Crippen LogP contribution in [0.2, 0.25) is 0 Å². The van der Waals surface area contributed by atoms with Crippen molar-refractivity contribution in [3.63, 3.8) is 0 Å². The Morgan fingerprint density at radius 1 is 1.31 bits per heavy atom. The minimum Gasteiger partial charge on any atom is -0.369 e. The molecule has 3 nitrogen and oxygen atoms in total. The first kappa shape index (κ1) is 10.5. The maximum Gasteiger partial charge on any atom is 0.231 e. The van der Waals surface area contributed by atoms with E-state index in [-0.39, 0.29) is 5.91 Å². The molecule has 13 heavy (non-hydrogen) atoms. The Bertz CT molecular complexity index is 172. The van der Waals surface area contributed by atoms with Crippen molar-refractivity contribution in [2.75, 3.05) is 6.54 Å². The van der Waals surface area contributed by atoms with Gasteiger partial charge in [0.1, 0.15) is 0 Å². The van der Waals surface area contributed by atoms with E-state index in [4.69, 9.17) is 5.73 Å². The number of nitrogens with two attached hydrogens (primary N) is 1. The molecule has 0 saturated heterocycles. The highest BCUT2D eigenvalue weighted by Gasteiger charge is 2.23. The van der Waals surface area contributed by atoms with Gasteiger partial charge in [-0.1, -0.05) is 13.8 Å². The smallest absolute Gasteiger partial charge is 0.231 e. The van der Waals surface area contributed by atoms with Gasteiger partial charge >= 0.3 is 0 Å². The fourth-order valence-electron chi connectivity index (χ4n) is 2.36. The van der Waals surface area contributed by atoms with Crippen molar-refractivity contribution in [2.24, 2.45) is 17.6 Å². The molecule has 1 rings (SSSR count). The topological polar surface area (TPSA) is 55.1 Å². The fraction of sp³-hybridized carbons (Fsp3) is 0.900. The maximum atomic E-state index is 10.6. The minimum absolute atomic E-state index is 0.258. The molecule has 0 aromatic heterocycles. The molecule has 2 unspecified atom stereocenters. The van der Waals surface area contributed by atoms with Gasteiger partial charge in [0, 0.05) is 6.04 Å². The van der Waals surface area contributed by atoms with Crippen LogP contribution in [0.5, 0.6) is 0 Å². The molecule has 1 aliphatic carbocycles. The van der Waals surface area contributed by atoms with Crippen LogP contribution >= 0.6 is 0 Å². The lowest BCUT2D eigenvalue weighted by Crippen LogP contribution is -2.40. The van der Waals surface area contributed by atoms with Gasteiger partial charge in [-0.15, -0.1) is 0 Å². The van der Waals surface area contributed by atoms with E-state index < -0.39 is 0 Å². The summed E-state index contributed by atoms with van der Waals surface area (Å²) in [5.74, 6) is 1.29. The van der Waals surface area contributed by atoms with Crippen LogP contribution in [0.15, 0.2) is 0 Å². The van der Waals surface area contributed by atoms with Crippen LogP contribution in [0.25, 0.3) is 0 Å². The minimum atomic E-state index is -0.258. The number of hydrogen-bond acceptors (Lipinski definition) is 2. The summed E-state index contributed by atoms with van der Waals surface area (Å²) in [6.07, 6.45) is 3.67. The molecule has 3 N–H and O–H groups in total. The molecule has 1 amide bonds. The summed E-state index contributed by atoms with van der Waals surface area (Å²) >= 11 is 0. The zero-order valence-electron chi connectivity index (χ0n) is 8.55. The number of carbonyl (C=O) groups excluding carboxylic acids is 1. The van der Waals surface area contributed by atoms with E-state index in [2.05, 4.69) is 19.2 Å². The summed E-state index contributed by atoms with van der Waals surface area (Å²) in [7, 11) is 0. The van der Waals surface area contributed by atoms with E-state index in [1.165, 1.54) is 19.3 Å². The molecule has 76 valence electrons. The molecule has 0 aromatic rings. The van der Waals surface area contributed by atoms with Gasteiger partial charge in [0.2, 0.25) is 5.91 Å². The highest BCUT2D eigenvalue weighted by molar-refractivity contribution is 5.75. The van der Waals surface area contributed by atoms with Crippen LogP contribution in [0.4, 0.5) is 0 Å². The molecule has 0 spiro atoms.